The van der Waals surface area contributed by atoms with Gasteiger partial charge in [-0.15, -0.1) is 22.7 Å². The maximum atomic E-state index is 2.53. The Hall–Kier alpha value is -4.96. The van der Waals surface area contributed by atoms with Gasteiger partial charge in [-0.25, -0.2) is 0 Å². The summed E-state index contributed by atoms with van der Waals surface area (Å²) in [7, 11) is 0. The minimum absolute atomic E-state index is 0.664. The van der Waals surface area contributed by atoms with Crippen LogP contribution in [0.5, 0.6) is 0 Å². The van der Waals surface area contributed by atoms with Gasteiger partial charge in [0.15, 0.2) is 0 Å². The lowest BCUT2D eigenvalue weighted by molar-refractivity contribution is 0.446. The molecule has 0 amide bonds. The summed E-state index contributed by atoms with van der Waals surface area (Å²) in [5.41, 5.74) is 7.70. The molecular formula is C46H35NS2. The molecule has 3 heteroatoms. The van der Waals surface area contributed by atoms with Gasteiger partial charge in [0, 0.05) is 41.3 Å². The summed E-state index contributed by atoms with van der Waals surface area (Å²) in [5, 5.41) is 7.95. The lowest BCUT2D eigenvalue weighted by Gasteiger charge is -2.27. The first kappa shape index (κ1) is 29.0. The summed E-state index contributed by atoms with van der Waals surface area (Å²) in [6.45, 7) is 0. The summed E-state index contributed by atoms with van der Waals surface area (Å²) >= 11 is 3.89. The molecular weight excluding hydrogens is 631 g/mol. The fraction of sp³-hybridized carbons (Fsp3) is 0.130. The van der Waals surface area contributed by atoms with E-state index in [1.54, 1.807) is 5.56 Å². The quantitative estimate of drug-likeness (QED) is 0.177. The first-order valence-electron chi connectivity index (χ1n) is 17.5. The van der Waals surface area contributed by atoms with Crippen LogP contribution in [0.3, 0.4) is 0 Å². The van der Waals surface area contributed by atoms with Crippen molar-refractivity contribution in [2.45, 2.75) is 38.0 Å². The minimum atomic E-state index is 0.664. The predicted molar refractivity (Wildman–Crippen MR) is 216 cm³/mol. The van der Waals surface area contributed by atoms with Gasteiger partial charge in [-0.2, -0.15) is 0 Å². The summed E-state index contributed by atoms with van der Waals surface area (Å²) in [6, 6.07) is 54.3. The number of anilines is 3. The smallest absolute Gasteiger partial charge is 0.0640 e. The van der Waals surface area contributed by atoms with Crippen LogP contribution in [0.1, 0.15) is 43.6 Å². The number of thiophene rings is 2. The molecule has 49 heavy (non-hydrogen) atoms. The second-order valence-corrected chi connectivity index (χ2v) is 15.6. The van der Waals surface area contributed by atoms with Crippen LogP contribution < -0.4 is 4.90 Å². The number of benzene rings is 7. The molecule has 0 bridgehead atoms. The molecule has 2 aromatic heterocycles. The van der Waals surface area contributed by atoms with E-state index in [0.29, 0.717) is 5.92 Å². The topological polar surface area (TPSA) is 3.24 Å². The van der Waals surface area contributed by atoms with Crippen molar-refractivity contribution in [1.82, 2.24) is 0 Å². The number of rotatable bonds is 5. The third-order valence-corrected chi connectivity index (χ3v) is 13.1. The molecule has 1 saturated carbocycles. The van der Waals surface area contributed by atoms with Crippen LogP contribution in [-0.4, -0.2) is 0 Å². The molecule has 1 nitrogen and oxygen atoms in total. The fourth-order valence-electron chi connectivity index (χ4n) is 8.36. The van der Waals surface area contributed by atoms with Crippen LogP contribution in [0.15, 0.2) is 146 Å². The van der Waals surface area contributed by atoms with Crippen molar-refractivity contribution in [2.24, 2.45) is 0 Å². The monoisotopic (exact) mass is 665 g/mol. The molecule has 9 aromatic rings. The third kappa shape index (κ3) is 4.79. The Morgan fingerprint density at radius 3 is 2.00 bits per heavy atom. The van der Waals surface area contributed by atoms with Gasteiger partial charge >= 0.3 is 0 Å². The maximum absolute atomic E-state index is 2.53. The first-order valence-corrected chi connectivity index (χ1v) is 19.2. The molecule has 0 N–H and O–H groups in total. The van der Waals surface area contributed by atoms with Gasteiger partial charge < -0.3 is 4.90 Å². The van der Waals surface area contributed by atoms with Crippen LogP contribution >= 0.6 is 22.7 Å². The van der Waals surface area contributed by atoms with Crippen molar-refractivity contribution < 1.29 is 0 Å². The van der Waals surface area contributed by atoms with Gasteiger partial charge in [0.05, 0.1) is 16.1 Å². The maximum Gasteiger partial charge on any atom is 0.0640 e. The van der Waals surface area contributed by atoms with Crippen LogP contribution in [0, 0.1) is 0 Å². The van der Waals surface area contributed by atoms with Crippen molar-refractivity contribution in [1.29, 1.82) is 0 Å². The molecule has 0 atom stereocenters. The van der Waals surface area contributed by atoms with E-state index in [1.807, 2.05) is 22.7 Å². The average molecular weight is 666 g/mol. The number of hydrogen-bond donors (Lipinski definition) is 0. The van der Waals surface area contributed by atoms with Gasteiger partial charge in [-0.3, -0.25) is 0 Å². The molecule has 0 aliphatic heterocycles. The van der Waals surface area contributed by atoms with E-state index >= 15 is 0 Å². The van der Waals surface area contributed by atoms with Gasteiger partial charge in [-0.1, -0.05) is 128 Å². The van der Waals surface area contributed by atoms with Gasteiger partial charge in [0.25, 0.3) is 0 Å². The summed E-state index contributed by atoms with van der Waals surface area (Å²) in [6.07, 6.45) is 6.68. The Kier molecular flexibility index (Phi) is 7.03. The molecule has 1 aliphatic rings. The Bertz CT molecular complexity index is 2650. The standard InChI is InChI=1S/C46H35NS2/c1-2-12-31(13-3-1)36-19-9-20-37-38-21-10-23-41(46(38)49-45(36)37)47(40-22-11-25-43-44(40)39-17-6-7-24-42(39)48-43)33-28-26-32(27-29-33)35-18-8-15-30-14-4-5-16-34(30)35/h4-11,14-29,31H,1-3,12-13H2. The Morgan fingerprint density at radius 1 is 0.469 bits per heavy atom. The summed E-state index contributed by atoms with van der Waals surface area (Å²) in [5.74, 6) is 0.664. The summed E-state index contributed by atoms with van der Waals surface area (Å²) < 4.78 is 5.48. The highest BCUT2D eigenvalue weighted by Crippen LogP contribution is 2.50. The van der Waals surface area contributed by atoms with Crippen molar-refractivity contribution >= 4 is 90.9 Å². The van der Waals surface area contributed by atoms with Crippen molar-refractivity contribution in [3.8, 4) is 11.1 Å². The Balaban J connectivity index is 1.21. The Morgan fingerprint density at radius 2 is 1.12 bits per heavy atom. The van der Waals surface area contributed by atoms with E-state index in [9.17, 15) is 0 Å². The van der Waals surface area contributed by atoms with Crippen LogP contribution in [0.2, 0.25) is 0 Å². The van der Waals surface area contributed by atoms with E-state index in [1.165, 1.54) is 111 Å². The van der Waals surface area contributed by atoms with E-state index in [2.05, 4.69) is 150 Å². The molecule has 1 fully saturated rings. The van der Waals surface area contributed by atoms with Gasteiger partial charge in [0.1, 0.15) is 0 Å². The van der Waals surface area contributed by atoms with Crippen LogP contribution in [0.25, 0.3) is 62.2 Å². The Labute approximate surface area is 294 Å². The molecule has 2 heterocycles. The van der Waals surface area contributed by atoms with Crippen molar-refractivity contribution in [3.05, 3.63) is 151 Å². The zero-order chi connectivity index (χ0) is 32.3. The molecule has 0 radical (unpaired) electrons. The highest BCUT2D eigenvalue weighted by Gasteiger charge is 2.24. The molecule has 10 rings (SSSR count). The molecule has 0 saturated heterocycles. The highest BCUT2D eigenvalue weighted by molar-refractivity contribution is 7.26. The molecule has 236 valence electrons. The van der Waals surface area contributed by atoms with Crippen molar-refractivity contribution in [3.63, 3.8) is 0 Å². The molecule has 0 unspecified atom stereocenters. The number of nitrogens with zero attached hydrogens (tertiary/aromatic N) is 1. The normalized spacial score (nSPS) is 14.0. The molecule has 0 spiro atoms. The largest absolute Gasteiger partial charge is 0.308 e. The molecule has 1 aliphatic carbocycles. The highest BCUT2D eigenvalue weighted by atomic mass is 32.1. The van der Waals surface area contributed by atoms with E-state index < -0.39 is 0 Å². The fourth-order valence-corrected chi connectivity index (χ4v) is 10.9. The second kappa shape index (κ2) is 11.9. The number of hydrogen-bond acceptors (Lipinski definition) is 3. The van der Waals surface area contributed by atoms with Crippen LogP contribution in [0.4, 0.5) is 17.1 Å². The molecule has 7 aromatic carbocycles. The van der Waals surface area contributed by atoms with Crippen LogP contribution in [-0.2, 0) is 0 Å². The number of fused-ring (bicyclic) bond motifs is 7. The lowest BCUT2D eigenvalue weighted by atomic mass is 9.84. The van der Waals surface area contributed by atoms with E-state index in [4.69, 9.17) is 0 Å². The lowest BCUT2D eigenvalue weighted by Crippen LogP contribution is -2.10. The zero-order valence-electron chi connectivity index (χ0n) is 27.2. The van der Waals surface area contributed by atoms with E-state index in [-0.39, 0.29) is 0 Å². The summed E-state index contributed by atoms with van der Waals surface area (Å²) in [4.78, 5) is 2.53. The first-order chi connectivity index (χ1) is 24.3. The van der Waals surface area contributed by atoms with E-state index in [0.717, 1.165) is 0 Å². The van der Waals surface area contributed by atoms with Gasteiger partial charge in [-0.05, 0) is 82.6 Å². The van der Waals surface area contributed by atoms with Crippen molar-refractivity contribution in [2.75, 3.05) is 4.90 Å². The third-order valence-electron chi connectivity index (χ3n) is 10.7. The second-order valence-electron chi connectivity index (χ2n) is 13.5. The predicted octanol–water partition coefficient (Wildman–Crippen LogP) is 14.8. The SMILES string of the molecule is c1ccc2c(-c3ccc(N(c4cccc5c4sc4c(C6CCCCC6)cccc45)c4cccc5sc6ccccc6c45)cc3)cccc2c1. The average Bonchev–Trinajstić information content (AvgIpc) is 3.75. The van der Waals surface area contributed by atoms with Gasteiger partial charge in [0.2, 0.25) is 0 Å². The minimum Gasteiger partial charge on any atom is -0.308 e. The zero-order valence-corrected chi connectivity index (χ0v) is 28.9.